The van der Waals surface area contributed by atoms with Crippen molar-refractivity contribution < 1.29 is 8.42 Å². The molecule has 0 aliphatic heterocycles. The Kier molecular flexibility index (Phi) is 4.19. The van der Waals surface area contributed by atoms with E-state index in [2.05, 4.69) is 55.9 Å². The molecule has 1 aromatic carbocycles. The molecule has 0 atom stereocenters. The van der Waals surface area contributed by atoms with E-state index in [1.54, 1.807) is 13.2 Å². The summed E-state index contributed by atoms with van der Waals surface area (Å²) < 4.78 is 29.8. The molecule has 4 aromatic heterocycles. The average molecular weight is 435 g/mol. The Balaban J connectivity index is 1.76. The number of hydrogen-bond acceptors (Lipinski definition) is 4. The predicted molar refractivity (Wildman–Crippen MR) is 122 cm³/mol. The summed E-state index contributed by atoms with van der Waals surface area (Å²) in [5.74, 6) is 0. The first-order valence-electron chi connectivity index (χ1n) is 9.80. The number of fused-ring (bicyclic) bond motifs is 2. The highest BCUT2D eigenvalue weighted by atomic mass is 32.2. The number of sulfonamides is 1. The number of aromatic amines is 2. The minimum atomic E-state index is -3.81. The van der Waals surface area contributed by atoms with Crippen LogP contribution in [0.1, 0.15) is 11.3 Å². The Labute approximate surface area is 179 Å². The average Bonchev–Trinajstić information content (AvgIpc) is 3.48. The maximum Gasteiger partial charge on any atom is 0.281 e. The second-order valence-electron chi connectivity index (χ2n) is 7.73. The van der Waals surface area contributed by atoms with Crippen LogP contribution in [0, 0.1) is 13.8 Å². The van der Waals surface area contributed by atoms with Gasteiger partial charge < -0.3 is 9.55 Å². The largest absolute Gasteiger partial charge is 0.348 e. The first kappa shape index (κ1) is 19.4. The maximum atomic E-state index is 13.2. The summed E-state index contributed by atoms with van der Waals surface area (Å²) in [5.41, 5.74) is 6.15. The molecule has 9 heteroatoms. The molecule has 0 fully saturated rings. The summed E-state index contributed by atoms with van der Waals surface area (Å²) in [5, 5.41) is 8.31. The van der Waals surface area contributed by atoms with Gasteiger partial charge in [0.15, 0.2) is 5.03 Å². The second kappa shape index (κ2) is 6.71. The van der Waals surface area contributed by atoms with Crippen LogP contribution in [0.15, 0.2) is 53.9 Å². The zero-order valence-electron chi connectivity index (χ0n) is 17.6. The van der Waals surface area contributed by atoms with Gasteiger partial charge >= 0.3 is 0 Å². The molecule has 158 valence electrons. The van der Waals surface area contributed by atoms with Crippen molar-refractivity contribution in [2.45, 2.75) is 18.9 Å². The van der Waals surface area contributed by atoms with Crippen molar-refractivity contribution in [2.24, 2.45) is 7.05 Å². The lowest BCUT2D eigenvalue weighted by Crippen LogP contribution is -2.28. The van der Waals surface area contributed by atoms with Crippen LogP contribution in [0.4, 0.5) is 5.69 Å². The lowest BCUT2D eigenvalue weighted by atomic mass is 10.0. The van der Waals surface area contributed by atoms with Crippen LogP contribution in [0.5, 0.6) is 0 Å². The zero-order chi connectivity index (χ0) is 21.9. The van der Waals surface area contributed by atoms with Gasteiger partial charge in [-0.05, 0) is 48.6 Å². The molecular weight excluding hydrogens is 412 g/mol. The number of benzene rings is 1. The van der Waals surface area contributed by atoms with Crippen LogP contribution >= 0.6 is 0 Å². The zero-order valence-corrected chi connectivity index (χ0v) is 18.4. The molecule has 5 rings (SSSR count). The third-order valence-electron chi connectivity index (χ3n) is 5.88. The van der Waals surface area contributed by atoms with Crippen LogP contribution in [-0.4, -0.2) is 40.2 Å². The highest BCUT2D eigenvalue weighted by Gasteiger charge is 2.27. The molecule has 0 spiro atoms. The molecule has 8 nitrogen and oxygen atoms in total. The highest BCUT2D eigenvalue weighted by molar-refractivity contribution is 7.92. The van der Waals surface area contributed by atoms with Crippen LogP contribution in [-0.2, 0) is 17.1 Å². The summed E-state index contributed by atoms with van der Waals surface area (Å²) in [6.07, 6.45) is 4.99. The number of nitrogens with zero attached hydrogens (tertiary/aromatic N) is 4. The molecule has 0 radical (unpaired) electrons. The van der Waals surface area contributed by atoms with E-state index in [9.17, 15) is 8.42 Å². The van der Waals surface area contributed by atoms with Gasteiger partial charge in [-0.2, -0.15) is 13.5 Å². The summed E-state index contributed by atoms with van der Waals surface area (Å²) in [6.45, 7) is 3.94. The lowest BCUT2D eigenvalue weighted by Gasteiger charge is -2.22. The molecule has 0 aliphatic carbocycles. The highest BCUT2D eigenvalue weighted by Crippen LogP contribution is 2.39. The Morgan fingerprint density at radius 1 is 1.13 bits per heavy atom. The Morgan fingerprint density at radius 3 is 2.68 bits per heavy atom. The summed E-state index contributed by atoms with van der Waals surface area (Å²) in [4.78, 5) is 7.70. The van der Waals surface area contributed by atoms with Gasteiger partial charge in [0.1, 0.15) is 5.65 Å². The first-order chi connectivity index (χ1) is 14.8. The van der Waals surface area contributed by atoms with Crippen molar-refractivity contribution in [3.8, 4) is 11.1 Å². The third kappa shape index (κ3) is 2.84. The molecule has 4 heterocycles. The molecular formula is C22H22N6O2S. The molecule has 31 heavy (non-hydrogen) atoms. The van der Waals surface area contributed by atoms with Gasteiger partial charge in [-0.3, -0.25) is 9.40 Å². The van der Waals surface area contributed by atoms with Crippen molar-refractivity contribution in [3.05, 3.63) is 60.2 Å². The lowest BCUT2D eigenvalue weighted by molar-refractivity contribution is 0.590. The standard InChI is InChI=1S/C22H22N6O2S/c1-13-11-23-22-20(21(13)28(4)31(29,30)19-7-8-25-26-19)17(12-24-22)15-5-6-16-9-14(2)27(3)18(16)10-15/h5-12H,1-4H3,(H,23,24)(H,25,26). The Bertz CT molecular complexity index is 1540. The van der Waals surface area contributed by atoms with Gasteiger partial charge in [-0.15, -0.1) is 0 Å². The topological polar surface area (TPSA) is 99.7 Å². The van der Waals surface area contributed by atoms with Gasteiger partial charge in [0, 0.05) is 43.3 Å². The van der Waals surface area contributed by atoms with Crippen LogP contribution in [0.25, 0.3) is 33.1 Å². The van der Waals surface area contributed by atoms with E-state index in [1.165, 1.54) is 22.3 Å². The van der Waals surface area contributed by atoms with Crippen LogP contribution in [0.2, 0.25) is 0 Å². The summed E-state index contributed by atoms with van der Waals surface area (Å²) in [6, 6.07) is 9.87. The van der Waals surface area contributed by atoms with Crippen molar-refractivity contribution >= 4 is 37.6 Å². The number of anilines is 1. The molecule has 0 saturated heterocycles. The number of hydrogen-bond donors (Lipinski definition) is 2. The van der Waals surface area contributed by atoms with Crippen LogP contribution in [0.3, 0.4) is 0 Å². The predicted octanol–water partition coefficient (Wildman–Crippen LogP) is 3.89. The summed E-state index contributed by atoms with van der Waals surface area (Å²) >= 11 is 0. The monoisotopic (exact) mass is 434 g/mol. The Hall–Kier alpha value is -3.59. The van der Waals surface area contributed by atoms with Gasteiger partial charge in [0.25, 0.3) is 10.0 Å². The normalized spacial score (nSPS) is 12.1. The summed E-state index contributed by atoms with van der Waals surface area (Å²) in [7, 11) is -0.214. The maximum absolute atomic E-state index is 13.2. The van der Waals surface area contributed by atoms with Gasteiger partial charge in [0.05, 0.1) is 17.3 Å². The van der Waals surface area contributed by atoms with E-state index < -0.39 is 10.0 Å². The van der Waals surface area contributed by atoms with E-state index in [0.29, 0.717) is 11.3 Å². The van der Waals surface area contributed by atoms with E-state index in [1.807, 2.05) is 20.2 Å². The van der Waals surface area contributed by atoms with E-state index in [-0.39, 0.29) is 5.03 Å². The first-order valence-corrected chi connectivity index (χ1v) is 11.2. The SMILES string of the molecule is Cc1cnc2[nH]cc(-c3ccc4cc(C)n(C)c4c3)c2c1N(C)S(=O)(=O)c1ccn[nH]1. The fourth-order valence-electron chi connectivity index (χ4n) is 4.10. The molecule has 0 aliphatic rings. The van der Waals surface area contributed by atoms with Crippen molar-refractivity contribution in [3.63, 3.8) is 0 Å². The third-order valence-corrected chi connectivity index (χ3v) is 7.57. The minimum Gasteiger partial charge on any atom is -0.348 e. The van der Waals surface area contributed by atoms with E-state index in [4.69, 9.17) is 0 Å². The number of aromatic nitrogens is 5. The smallest absolute Gasteiger partial charge is 0.281 e. The quantitative estimate of drug-likeness (QED) is 0.448. The van der Waals surface area contributed by atoms with Gasteiger partial charge in [0.2, 0.25) is 0 Å². The number of rotatable bonds is 4. The fourth-order valence-corrected chi connectivity index (χ4v) is 5.27. The Morgan fingerprint density at radius 2 is 1.94 bits per heavy atom. The number of nitrogens with one attached hydrogen (secondary N) is 2. The molecule has 2 N–H and O–H groups in total. The minimum absolute atomic E-state index is 0.0390. The molecule has 0 amide bonds. The fraction of sp³-hybridized carbons (Fsp3) is 0.182. The molecule has 0 bridgehead atoms. The number of pyridine rings is 1. The van der Waals surface area contributed by atoms with Gasteiger partial charge in [-0.1, -0.05) is 12.1 Å². The van der Waals surface area contributed by atoms with Crippen molar-refractivity contribution in [1.29, 1.82) is 0 Å². The van der Waals surface area contributed by atoms with Crippen LogP contribution < -0.4 is 4.31 Å². The second-order valence-corrected chi connectivity index (χ2v) is 9.67. The van der Waals surface area contributed by atoms with Gasteiger partial charge in [-0.25, -0.2) is 4.98 Å². The number of H-pyrrole nitrogens is 2. The van der Waals surface area contributed by atoms with E-state index >= 15 is 0 Å². The van der Waals surface area contributed by atoms with E-state index in [0.717, 1.165) is 33.0 Å². The molecule has 0 unspecified atom stereocenters. The molecule has 0 saturated carbocycles. The van der Waals surface area contributed by atoms with Crippen molar-refractivity contribution in [1.82, 2.24) is 24.7 Å². The molecule has 5 aromatic rings. The number of aryl methyl sites for hydroxylation is 3. The van der Waals surface area contributed by atoms with Crippen molar-refractivity contribution in [2.75, 3.05) is 11.4 Å².